The van der Waals surface area contributed by atoms with Crippen molar-refractivity contribution in [3.05, 3.63) is 17.7 Å². The molecule has 0 amide bonds. The minimum absolute atomic E-state index is 0.0441. The van der Waals surface area contributed by atoms with Crippen molar-refractivity contribution in [3.8, 4) is 5.75 Å². The molecule has 0 fully saturated rings. The third-order valence-corrected chi connectivity index (χ3v) is 3.53. The zero-order chi connectivity index (χ0) is 15.0. The van der Waals surface area contributed by atoms with Gasteiger partial charge >= 0.3 is 5.95 Å². The molecule has 110 valence electrons. The number of anilines is 1. The summed E-state index contributed by atoms with van der Waals surface area (Å²) in [7, 11) is 0. The molecule has 0 aliphatic carbocycles. The molecule has 0 saturated carbocycles. The Morgan fingerprint density at radius 2 is 2.14 bits per heavy atom. The van der Waals surface area contributed by atoms with Crippen LogP contribution in [0.15, 0.2) is 22.4 Å². The number of nitrogens with one attached hydrogen (secondary N) is 2. The van der Waals surface area contributed by atoms with Crippen LogP contribution < -0.4 is 5.32 Å². The number of azo groups is 1. The topological polar surface area (TPSA) is 111 Å². The highest BCUT2D eigenvalue weighted by Crippen LogP contribution is 2.45. The highest BCUT2D eigenvalue weighted by Gasteiger charge is 2.31. The smallest absolute Gasteiger partial charge is 0.307 e. The minimum atomic E-state index is -0.0441. The Morgan fingerprint density at radius 1 is 1.33 bits per heavy atom. The number of aromatic nitrogens is 4. The van der Waals surface area contributed by atoms with E-state index in [-0.39, 0.29) is 17.2 Å². The summed E-state index contributed by atoms with van der Waals surface area (Å²) >= 11 is 0. The quantitative estimate of drug-likeness (QED) is 0.580. The van der Waals surface area contributed by atoms with Gasteiger partial charge < -0.3 is 10.4 Å². The zero-order valence-electron chi connectivity index (χ0n) is 12.1. The number of phenols is 1. The van der Waals surface area contributed by atoms with Crippen molar-refractivity contribution < 1.29 is 5.11 Å². The summed E-state index contributed by atoms with van der Waals surface area (Å²) in [6.45, 7) is 6.38. The molecule has 8 nitrogen and oxygen atoms in total. The van der Waals surface area contributed by atoms with E-state index in [0.29, 0.717) is 11.6 Å². The Morgan fingerprint density at radius 3 is 2.86 bits per heavy atom. The highest BCUT2D eigenvalue weighted by molar-refractivity contribution is 5.70. The summed E-state index contributed by atoms with van der Waals surface area (Å²) in [5.74, 6) is 0.649. The van der Waals surface area contributed by atoms with Crippen molar-refractivity contribution in [3.63, 3.8) is 0 Å². The van der Waals surface area contributed by atoms with Crippen LogP contribution in [0.3, 0.4) is 0 Å². The molecule has 0 saturated heterocycles. The normalized spacial score (nSPS) is 20.2. The number of nitrogens with zero attached hydrogens (tertiary/aromatic N) is 5. The first-order valence-corrected chi connectivity index (χ1v) is 6.75. The van der Waals surface area contributed by atoms with Gasteiger partial charge in [0.1, 0.15) is 5.75 Å². The number of aromatic amines is 1. The molecule has 1 aliphatic heterocycles. The van der Waals surface area contributed by atoms with Gasteiger partial charge in [0.25, 0.3) is 0 Å². The number of aromatic hydroxyl groups is 1. The molecular weight excluding hydrogens is 270 g/mol. The summed E-state index contributed by atoms with van der Waals surface area (Å²) in [5.41, 5.74) is 2.33. The van der Waals surface area contributed by atoms with Gasteiger partial charge in [-0.25, -0.2) is 0 Å². The number of phenolic OH excluding ortho intramolecular Hbond substituents is 1. The molecular formula is C13H17N7O. The van der Waals surface area contributed by atoms with Crippen molar-refractivity contribution in [1.29, 1.82) is 0 Å². The van der Waals surface area contributed by atoms with Gasteiger partial charge in [-0.05, 0) is 43.0 Å². The minimum Gasteiger partial charge on any atom is -0.506 e. The van der Waals surface area contributed by atoms with Crippen molar-refractivity contribution in [2.45, 2.75) is 38.6 Å². The Labute approximate surface area is 121 Å². The molecule has 0 bridgehead atoms. The van der Waals surface area contributed by atoms with Crippen molar-refractivity contribution in [2.24, 2.45) is 10.2 Å². The van der Waals surface area contributed by atoms with Gasteiger partial charge in [-0.1, -0.05) is 12.0 Å². The van der Waals surface area contributed by atoms with E-state index >= 15 is 0 Å². The van der Waals surface area contributed by atoms with Gasteiger partial charge in [0.2, 0.25) is 0 Å². The van der Waals surface area contributed by atoms with Gasteiger partial charge in [-0.2, -0.15) is 5.21 Å². The number of H-pyrrole nitrogens is 1. The summed E-state index contributed by atoms with van der Waals surface area (Å²) in [5, 5.41) is 34.6. The van der Waals surface area contributed by atoms with Crippen LogP contribution in [0.4, 0.5) is 17.3 Å². The molecule has 8 heteroatoms. The number of rotatable bonds is 2. The van der Waals surface area contributed by atoms with E-state index in [1.807, 2.05) is 6.07 Å². The van der Waals surface area contributed by atoms with Gasteiger partial charge in [0.15, 0.2) is 0 Å². The van der Waals surface area contributed by atoms with Crippen LogP contribution in [0.1, 0.15) is 38.7 Å². The first-order chi connectivity index (χ1) is 9.94. The Bertz CT molecular complexity index is 678. The maximum Gasteiger partial charge on any atom is 0.307 e. The van der Waals surface area contributed by atoms with Gasteiger partial charge in [0, 0.05) is 11.6 Å². The molecule has 1 aromatic carbocycles. The summed E-state index contributed by atoms with van der Waals surface area (Å²) in [6.07, 6.45) is 0.977. The van der Waals surface area contributed by atoms with E-state index in [9.17, 15) is 5.11 Å². The molecule has 1 aliphatic rings. The summed E-state index contributed by atoms with van der Waals surface area (Å²) in [6, 6.07) is 3.50. The van der Waals surface area contributed by atoms with E-state index < -0.39 is 0 Å². The van der Waals surface area contributed by atoms with E-state index in [0.717, 1.165) is 17.7 Å². The van der Waals surface area contributed by atoms with Crippen LogP contribution >= 0.6 is 0 Å². The zero-order valence-corrected chi connectivity index (χ0v) is 12.1. The standard InChI is InChI=1S/C13H17N7O/c1-7-6-13(2,3)14-11-9(7)4-8(5-10(11)21)15-16-12-17-19-20-18-12/h4-5,7,14,21H,6H2,1-3H3,(H,17,18,19,20). The lowest BCUT2D eigenvalue weighted by Crippen LogP contribution is -2.36. The van der Waals surface area contributed by atoms with Crippen LogP contribution in [0, 0.1) is 0 Å². The van der Waals surface area contributed by atoms with Gasteiger partial charge in [-0.3, -0.25) is 0 Å². The second kappa shape index (κ2) is 4.80. The van der Waals surface area contributed by atoms with Gasteiger partial charge in [0.05, 0.1) is 11.4 Å². The first kappa shape index (κ1) is 13.5. The predicted octanol–water partition coefficient (Wildman–Crippen LogP) is 3.02. The first-order valence-electron chi connectivity index (χ1n) is 6.75. The lowest BCUT2D eigenvalue weighted by atomic mass is 9.81. The molecule has 1 unspecified atom stereocenters. The van der Waals surface area contributed by atoms with Crippen molar-refractivity contribution in [1.82, 2.24) is 20.6 Å². The number of benzene rings is 1. The SMILES string of the molecule is CC1CC(C)(C)Nc2c(O)cc(N=Nc3nn[nH]n3)cc21. The van der Waals surface area contributed by atoms with Crippen LogP contribution in [0.25, 0.3) is 0 Å². The Kier molecular flexibility index (Phi) is 3.08. The molecule has 3 N–H and O–H groups in total. The second-order valence-corrected chi connectivity index (χ2v) is 5.95. The number of hydrogen-bond donors (Lipinski definition) is 3. The van der Waals surface area contributed by atoms with Crippen LogP contribution in [0.5, 0.6) is 5.75 Å². The van der Waals surface area contributed by atoms with E-state index in [1.165, 1.54) is 0 Å². The molecule has 0 radical (unpaired) electrons. The van der Waals surface area contributed by atoms with E-state index in [2.05, 4.69) is 56.9 Å². The molecule has 2 aromatic rings. The second-order valence-electron chi connectivity index (χ2n) is 5.95. The molecule has 3 rings (SSSR count). The van der Waals surface area contributed by atoms with Crippen molar-refractivity contribution in [2.75, 3.05) is 5.32 Å². The molecule has 21 heavy (non-hydrogen) atoms. The summed E-state index contributed by atoms with van der Waals surface area (Å²) < 4.78 is 0. The number of hydrogen-bond acceptors (Lipinski definition) is 7. The lowest BCUT2D eigenvalue weighted by molar-refractivity contribution is 0.434. The highest BCUT2D eigenvalue weighted by atomic mass is 16.3. The Balaban J connectivity index is 1.96. The molecule has 2 heterocycles. The largest absolute Gasteiger partial charge is 0.506 e. The number of tetrazole rings is 1. The van der Waals surface area contributed by atoms with Gasteiger partial charge in [-0.15, -0.1) is 15.3 Å². The average molecular weight is 287 g/mol. The summed E-state index contributed by atoms with van der Waals surface area (Å²) in [4.78, 5) is 0. The lowest BCUT2D eigenvalue weighted by Gasteiger charge is -2.37. The third-order valence-electron chi connectivity index (χ3n) is 3.53. The number of fused-ring (bicyclic) bond motifs is 1. The molecule has 1 atom stereocenters. The fourth-order valence-corrected chi connectivity index (χ4v) is 2.78. The van der Waals surface area contributed by atoms with Crippen LogP contribution in [-0.4, -0.2) is 31.3 Å². The molecule has 0 spiro atoms. The fourth-order valence-electron chi connectivity index (χ4n) is 2.78. The van der Waals surface area contributed by atoms with E-state index in [1.54, 1.807) is 6.07 Å². The van der Waals surface area contributed by atoms with Crippen LogP contribution in [0.2, 0.25) is 0 Å². The fraction of sp³-hybridized carbons (Fsp3) is 0.462. The predicted molar refractivity (Wildman–Crippen MR) is 77.2 cm³/mol. The van der Waals surface area contributed by atoms with E-state index in [4.69, 9.17) is 0 Å². The monoisotopic (exact) mass is 287 g/mol. The maximum atomic E-state index is 10.2. The van der Waals surface area contributed by atoms with Crippen LogP contribution in [-0.2, 0) is 0 Å². The third kappa shape index (κ3) is 2.69. The Hall–Kier alpha value is -2.51. The average Bonchev–Trinajstić information content (AvgIpc) is 2.90. The molecule has 1 aromatic heterocycles. The maximum absolute atomic E-state index is 10.2. The van der Waals surface area contributed by atoms with Crippen molar-refractivity contribution >= 4 is 17.3 Å².